The molecule has 1 heterocycles. The third-order valence-electron chi connectivity index (χ3n) is 12.4. The summed E-state index contributed by atoms with van der Waals surface area (Å²) in [5.41, 5.74) is 10.1. The van der Waals surface area contributed by atoms with E-state index in [0.717, 1.165) is 61.8 Å². The average molecular weight is 819 g/mol. The smallest absolute Gasteiger partial charge is 0.255 e. The maximum Gasteiger partial charge on any atom is 0.255 e. The Bertz CT molecular complexity index is 1940. The second kappa shape index (κ2) is 25.5. The van der Waals surface area contributed by atoms with E-state index in [1.165, 1.54) is 77.6 Å². The Morgan fingerprint density at radius 3 is 2.18 bits per heavy atom. The first kappa shape index (κ1) is 50.1. The van der Waals surface area contributed by atoms with Crippen LogP contribution in [0.5, 0.6) is 5.75 Å². The van der Waals surface area contributed by atoms with Crippen LogP contribution in [0.3, 0.4) is 0 Å². The van der Waals surface area contributed by atoms with Crippen molar-refractivity contribution >= 4 is 28.2 Å². The summed E-state index contributed by atoms with van der Waals surface area (Å²) in [6, 6.07) is 19.1. The zero-order valence-corrected chi connectivity index (χ0v) is 40.1. The van der Waals surface area contributed by atoms with Crippen molar-refractivity contribution in [2.75, 3.05) is 37.0 Å². The van der Waals surface area contributed by atoms with Crippen LogP contribution in [0.15, 0.2) is 79.7 Å². The number of methoxy groups -OCH3 is 1. The first-order chi connectivity index (χ1) is 29.0. The molecule has 0 aliphatic heterocycles. The third-order valence-corrected chi connectivity index (χ3v) is 12.4. The molecule has 1 N–H and O–H groups in total. The Kier molecular flexibility index (Phi) is 21.3. The molecule has 3 aromatic carbocycles. The van der Waals surface area contributed by atoms with Crippen LogP contribution in [0, 0.1) is 31.6 Å². The van der Waals surface area contributed by atoms with Crippen molar-refractivity contribution in [3.05, 3.63) is 113 Å². The molecule has 1 aliphatic rings. The topological polar surface area (TPSA) is 49.7 Å². The quantitative estimate of drug-likeness (QED) is 0.0910. The third kappa shape index (κ3) is 13.4. The van der Waals surface area contributed by atoms with Gasteiger partial charge in [0.2, 0.25) is 0 Å². The summed E-state index contributed by atoms with van der Waals surface area (Å²) < 4.78 is 8.49. The van der Waals surface area contributed by atoms with Crippen LogP contribution in [-0.2, 0) is 13.0 Å². The predicted molar refractivity (Wildman–Crippen MR) is 262 cm³/mol. The lowest BCUT2D eigenvalue weighted by atomic mass is 9.79. The lowest BCUT2D eigenvalue weighted by Gasteiger charge is -2.32. The number of ether oxygens (including phenoxy) is 1. The number of hydrogen-bond donors (Lipinski definition) is 1. The number of aryl methyl sites for hydroxylation is 1. The summed E-state index contributed by atoms with van der Waals surface area (Å²) in [6.45, 7) is 35.0. The summed E-state index contributed by atoms with van der Waals surface area (Å²) in [5.74, 6) is 2.84. The highest BCUT2D eigenvalue weighted by atomic mass is 16.5. The van der Waals surface area contributed by atoms with E-state index in [9.17, 15) is 4.79 Å². The number of nitrogens with one attached hydrogen (secondary N) is 1. The second-order valence-corrected chi connectivity index (χ2v) is 16.8. The number of benzene rings is 3. The SMILES string of the molecule is C=CN(/C=C\C(C)CC)c1c(OC)cc(NC(=O)c2ccc(Cc3ccc4c(c3)c(C)c(C)n4CC(C)CN(CCC)CCC(C)CC)cc2)cc1C1CCC1.CC.CC. The molecule has 0 spiro atoms. The van der Waals surface area contributed by atoms with Crippen LogP contribution >= 0.6 is 0 Å². The van der Waals surface area contributed by atoms with Gasteiger partial charge in [0.05, 0.1) is 12.8 Å². The summed E-state index contributed by atoms with van der Waals surface area (Å²) in [7, 11) is 1.70. The van der Waals surface area contributed by atoms with Gasteiger partial charge >= 0.3 is 0 Å². The molecule has 1 aliphatic carbocycles. The van der Waals surface area contributed by atoms with E-state index in [4.69, 9.17) is 4.74 Å². The molecule has 0 radical (unpaired) electrons. The zero-order chi connectivity index (χ0) is 44.4. The summed E-state index contributed by atoms with van der Waals surface area (Å²) in [6.07, 6.45) is 15.2. The molecule has 1 saturated carbocycles. The highest BCUT2D eigenvalue weighted by Crippen LogP contribution is 2.47. The Morgan fingerprint density at radius 1 is 0.917 bits per heavy atom. The molecule has 1 amide bonds. The van der Waals surface area contributed by atoms with Gasteiger partial charge in [-0.05, 0) is 135 Å². The molecule has 6 nitrogen and oxygen atoms in total. The molecule has 3 unspecified atom stereocenters. The minimum absolute atomic E-state index is 0.125. The van der Waals surface area contributed by atoms with E-state index in [2.05, 4.69) is 130 Å². The summed E-state index contributed by atoms with van der Waals surface area (Å²) >= 11 is 0. The van der Waals surface area contributed by atoms with Gasteiger partial charge in [0.1, 0.15) is 5.75 Å². The van der Waals surface area contributed by atoms with Crippen molar-refractivity contribution in [3.8, 4) is 5.75 Å². The van der Waals surface area contributed by atoms with Gasteiger partial charge in [0, 0.05) is 59.4 Å². The molecule has 3 atom stereocenters. The monoisotopic (exact) mass is 819 g/mol. The van der Waals surface area contributed by atoms with Gasteiger partial charge in [-0.1, -0.05) is 119 Å². The Balaban J connectivity index is 0.00000233. The van der Waals surface area contributed by atoms with Gasteiger partial charge in [-0.25, -0.2) is 0 Å². The number of hydrogen-bond acceptors (Lipinski definition) is 4. The van der Waals surface area contributed by atoms with E-state index in [1.807, 2.05) is 52.1 Å². The van der Waals surface area contributed by atoms with Gasteiger partial charge in [-0.2, -0.15) is 0 Å². The first-order valence-electron chi connectivity index (χ1n) is 23.5. The largest absolute Gasteiger partial charge is 0.494 e. The molecule has 5 rings (SSSR count). The van der Waals surface area contributed by atoms with Crippen LogP contribution in [-0.4, -0.2) is 42.1 Å². The van der Waals surface area contributed by atoms with Crippen LogP contribution in [0.1, 0.15) is 158 Å². The highest BCUT2D eigenvalue weighted by molar-refractivity contribution is 6.04. The van der Waals surface area contributed by atoms with Crippen LogP contribution < -0.4 is 15.0 Å². The Labute approximate surface area is 366 Å². The molecule has 0 bridgehead atoms. The van der Waals surface area contributed by atoms with Gasteiger partial charge in [-0.15, -0.1) is 0 Å². The van der Waals surface area contributed by atoms with Crippen molar-refractivity contribution in [2.45, 2.75) is 147 Å². The van der Waals surface area contributed by atoms with Gasteiger partial charge < -0.3 is 24.4 Å². The Morgan fingerprint density at radius 2 is 1.60 bits per heavy atom. The number of nitrogens with zero attached hydrogens (tertiary/aromatic N) is 3. The average Bonchev–Trinajstić information content (AvgIpc) is 3.47. The lowest BCUT2D eigenvalue weighted by molar-refractivity contribution is 0.102. The minimum atomic E-state index is -0.125. The van der Waals surface area contributed by atoms with E-state index < -0.39 is 0 Å². The van der Waals surface area contributed by atoms with Crippen LogP contribution in [0.4, 0.5) is 11.4 Å². The minimum Gasteiger partial charge on any atom is -0.494 e. The van der Waals surface area contributed by atoms with Gasteiger partial charge in [-0.3, -0.25) is 4.79 Å². The first-order valence-corrected chi connectivity index (χ1v) is 23.5. The molecular formula is C54H82N4O2. The Hall–Kier alpha value is -4.29. The van der Waals surface area contributed by atoms with Crippen molar-refractivity contribution in [2.24, 2.45) is 17.8 Å². The number of amides is 1. The summed E-state index contributed by atoms with van der Waals surface area (Å²) in [5, 5.41) is 4.52. The van der Waals surface area contributed by atoms with Crippen LogP contribution in [0.2, 0.25) is 0 Å². The number of anilines is 2. The molecular weight excluding hydrogens is 737 g/mol. The molecule has 4 aromatic rings. The fourth-order valence-corrected chi connectivity index (χ4v) is 8.05. The number of allylic oxidation sites excluding steroid dienone is 1. The van der Waals surface area contributed by atoms with Crippen molar-refractivity contribution in [3.63, 3.8) is 0 Å². The normalized spacial score (nSPS) is 14.1. The maximum absolute atomic E-state index is 13.6. The van der Waals surface area contributed by atoms with Gasteiger partial charge in [0.25, 0.3) is 5.91 Å². The lowest BCUT2D eigenvalue weighted by Crippen LogP contribution is -2.32. The highest BCUT2D eigenvalue weighted by Gasteiger charge is 2.27. The van der Waals surface area contributed by atoms with Gasteiger partial charge in [0.15, 0.2) is 0 Å². The number of aromatic nitrogens is 1. The molecule has 6 heteroatoms. The van der Waals surface area contributed by atoms with E-state index >= 15 is 0 Å². The predicted octanol–water partition coefficient (Wildman–Crippen LogP) is 14.7. The van der Waals surface area contributed by atoms with E-state index in [-0.39, 0.29) is 5.91 Å². The molecule has 1 aromatic heterocycles. The van der Waals surface area contributed by atoms with Crippen molar-refractivity contribution in [1.82, 2.24) is 9.47 Å². The molecule has 1 fully saturated rings. The summed E-state index contributed by atoms with van der Waals surface area (Å²) in [4.78, 5) is 18.3. The van der Waals surface area contributed by atoms with Crippen molar-refractivity contribution in [1.29, 1.82) is 0 Å². The molecule has 0 saturated heterocycles. The van der Waals surface area contributed by atoms with E-state index in [1.54, 1.807) is 7.11 Å². The zero-order valence-electron chi connectivity index (χ0n) is 40.1. The molecule has 60 heavy (non-hydrogen) atoms. The van der Waals surface area contributed by atoms with Crippen molar-refractivity contribution < 1.29 is 9.53 Å². The van der Waals surface area contributed by atoms with E-state index in [0.29, 0.717) is 23.3 Å². The number of carbonyl (C=O) groups is 1. The number of fused-ring (bicyclic) bond motifs is 1. The fourth-order valence-electron chi connectivity index (χ4n) is 8.05. The molecule has 330 valence electrons. The number of rotatable bonds is 21. The second-order valence-electron chi connectivity index (χ2n) is 16.8. The standard InChI is InChI=1S/C50H70N4O2.2C2H6/c1-11-26-52(27-24-35(5)12-2)33-37(7)34-54-39(9)38(8)45-30-41(20-23-47(45)54)29-40-18-21-43(22-19-40)50(55)51-44-31-46(42-16-15-17-42)49(48(32-44)56-10)53(14-4)28-25-36(6)13-3;2*1-2/h14,18-23,25,28,30-32,35-37,42H,4,11-13,15-17,24,26-27,29,33-34H2,1-3,5-10H3,(H,51,55);2*1-2H3/b28-25-;;. The number of carbonyl (C=O) groups excluding carboxylic acids is 1. The van der Waals surface area contributed by atoms with Crippen LogP contribution in [0.25, 0.3) is 10.9 Å². The fraction of sp³-hybridized carbons (Fsp3) is 0.537. The maximum atomic E-state index is 13.6.